The van der Waals surface area contributed by atoms with Gasteiger partial charge in [-0.05, 0) is 73.1 Å². The summed E-state index contributed by atoms with van der Waals surface area (Å²) in [6, 6.07) is 13.8. The summed E-state index contributed by atoms with van der Waals surface area (Å²) in [5.41, 5.74) is 5.49. The van der Waals surface area contributed by atoms with Crippen molar-refractivity contribution in [3.05, 3.63) is 89.1 Å². The van der Waals surface area contributed by atoms with Crippen molar-refractivity contribution in [1.29, 1.82) is 0 Å². The van der Waals surface area contributed by atoms with Crippen LogP contribution >= 0.6 is 0 Å². The molecule has 0 atom stereocenters. The first-order chi connectivity index (χ1) is 17.5. The van der Waals surface area contributed by atoms with Crippen molar-refractivity contribution < 1.29 is 9.59 Å². The predicted octanol–water partition coefficient (Wildman–Crippen LogP) is 3.90. The normalized spacial score (nSPS) is 16.4. The molecular formula is C28H30N6O2. The molecule has 0 unspecified atom stereocenters. The van der Waals surface area contributed by atoms with Crippen LogP contribution < -0.4 is 5.32 Å². The molecular weight excluding hydrogens is 452 g/mol. The van der Waals surface area contributed by atoms with Gasteiger partial charge >= 0.3 is 0 Å². The Morgan fingerprint density at radius 1 is 0.972 bits per heavy atom. The number of hydrogen-bond acceptors (Lipinski definition) is 4. The minimum Gasteiger partial charge on any atom is -0.348 e. The number of likely N-dealkylation sites (tertiary alicyclic amines) is 1. The van der Waals surface area contributed by atoms with E-state index in [4.69, 9.17) is 0 Å². The molecule has 1 aliphatic heterocycles. The highest BCUT2D eigenvalue weighted by Gasteiger charge is 2.30. The van der Waals surface area contributed by atoms with Gasteiger partial charge < -0.3 is 14.6 Å². The Morgan fingerprint density at radius 3 is 2.50 bits per heavy atom. The highest BCUT2D eigenvalue weighted by atomic mass is 16.2. The summed E-state index contributed by atoms with van der Waals surface area (Å²) in [5.74, 6) is 0.919. The fourth-order valence-corrected chi connectivity index (χ4v) is 5.10. The molecule has 184 valence electrons. The van der Waals surface area contributed by atoms with E-state index in [0.717, 1.165) is 42.8 Å². The van der Waals surface area contributed by atoms with Crippen molar-refractivity contribution in [2.24, 2.45) is 7.05 Å². The lowest BCUT2D eigenvalue weighted by Crippen LogP contribution is -2.38. The number of rotatable bonds is 6. The fraction of sp³-hybridized carbons (Fsp3) is 0.357. The van der Waals surface area contributed by atoms with E-state index in [1.807, 2.05) is 59.1 Å². The van der Waals surface area contributed by atoms with Crippen LogP contribution in [0.2, 0.25) is 0 Å². The maximum atomic E-state index is 13.1. The Hall–Kier alpha value is -3.94. The standard InChI is InChI=1S/C28H30N6O2/c1-32-25(17-24(31-32)22-4-5-22)28(36)34-13-9-21(10-14-34)20-2-6-23(7-3-20)27(35)30-18-19-8-12-33-15-11-29-26(33)16-19/h2-3,6-8,11-12,15-17,21-22H,4-5,9-10,13-14,18H2,1H3,(H,30,35). The third-order valence-corrected chi connectivity index (χ3v) is 7.46. The zero-order valence-corrected chi connectivity index (χ0v) is 20.4. The van der Waals surface area contributed by atoms with E-state index in [1.165, 1.54) is 18.4 Å². The topological polar surface area (TPSA) is 84.5 Å². The molecule has 4 aromatic rings. The average Bonchev–Trinajstić information content (AvgIpc) is 3.53. The van der Waals surface area contributed by atoms with E-state index in [2.05, 4.69) is 27.5 Å². The molecule has 0 spiro atoms. The molecule has 2 amide bonds. The quantitative estimate of drug-likeness (QED) is 0.452. The van der Waals surface area contributed by atoms with Gasteiger partial charge in [0.2, 0.25) is 0 Å². The Kier molecular flexibility index (Phi) is 5.79. The van der Waals surface area contributed by atoms with Crippen molar-refractivity contribution in [2.75, 3.05) is 13.1 Å². The number of piperidine rings is 1. The molecule has 1 saturated heterocycles. The smallest absolute Gasteiger partial charge is 0.272 e. The molecule has 1 aromatic carbocycles. The largest absolute Gasteiger partial charge is 0.348 e. The lowest BCUT2D eigenvalue weighted by Gasteiger charge is -2.32. The Balaban J connectivity index is 1.03. The van der Waals surface area contributed by atoms with Gasteiger partial charge in [-0.2, -0.15) is 5.10 Å². The van der Waals surface area contributed by atoms with Gasteiger partial charge in [-0.1, -0.05) is 12.1 Å². The molecule has 2 fully saturated rings. The number of carbonyl (C=O) groups excluding carboxylic acids is 2. The summed E-state index contributed by atoms with van der Waals surface area (Å²) in [7, 11) is 1.86. The lowest BCUT2D eigenvalue weighted by atomic mass is 9.89. The zero-order chi connectivity index (χ0) is 24.6. The van der Waals surface area contributed by atoms with Crippen LogP contribution in [-0.4, -0.2) is 49.0 Å². The van der Waals surface area contributed by atoms with Crippen molar-refractivity contribution in [1.82, 2.24) is 29.4 Å². The summed E-state index contributed by atoms with van der Waals surface area (Å²) in [4.78, 5) is 32.0. The van der Waals surface area contributed by atoms with Crippen LogP contribution in [0.1, 0.15) is 75.2 Å². The molecule has 2 aliphatic rings. The van der Waals surface area contributed by atoms with Gasteiger partial charge in [0, 0.05) is 56.8 Å². The van der Waals surface area contributed by atoms with Gasteiger partial charge in [-0.3, -0.25) is 14.3 Å². The summed E-state index contributed by atoms with van der Waals surface area (Å²) in [6.45, 7) is 1.92. The van der Waals surface area contributed by atoms with Gasteiger partial charge in [0.15, 0.2) is 0 Å². The molecule has 36 heavy (non-hydrogen) atoms. The number of aromatic nitrogens is 4. The number of aryl methyl sites for hydroxylation is 1. The second kappa shape index (κ2) is 9.26. The van der Waals surface area contributed by atoms with Crippen molar-refractivity contribution >= 4 is 17.5 Å². The maximum Gasteiger partial charge on any atom is 0.272 e. The summed E-state index contributed by atoms with van der Waals surface area (Å²) in [5, 5.41) is 7.54. The van der Waals surface area contributed by atoms with E-state index in [-0.39, 0.29) is 11.8 Å². The Labute approximate surface area is 209 Å². The number of hydrogen-bond donors (Lipinski definition) is 1. The van der Waals surface area contributed by atoms with Crippen molar-refractivity contribution in [3.63, 3.8) is 0 Å². The minimum absolute atomic E-state index is 0.0780. The molecule has 6 rings (SSSR count). The molecule has 1 N–H and O–H groups in total. The molecule has 1 aliphatic carbocycles. The third kappa shape index (κ3) is 4.51. The first kappa shape index (κ1) is 22.5. The number of fused-ring (bicyclic) bond motifs is 1. The highest BCUT2D eigenvalue weighted by molar-refractivity contribution is 5.94. The molecule has 0 radical (unpaired) electrons. The summed E-state index contributed by atoms with van der Waals surface area (Å²) >= 11 is 0. The molecule has 0 bridgehead atoms. The third-order valence-electron chi connectivity index (χ3n) is 7.46. The van der Waals surface area contributed by atoms with E-state index < -0.39 is 0 Å². The van der Waals surface area contributed by atoms with Crippen LogP contribution in [0.15, 0.2) is 61.1 Å². The SMILES string of the molecule is Cn1nc(C2CC2)cc1C(=O)N1CCC(c2ccc(C(=O)NCc3ccn4ccnc4c3)cc2)CC1. The summed E-state index contributed by atoms with van der Waals surface area (Å²) < 4.78 is 3.68. The van der Waals surface area contributed by atoms with Crippen LogP contribution in [-0.2, 0) is 13.6 Å². The molecule has 1 saturated carbocycles. The number of carbonyl (C=O) groups is 2. The Morgan fingerprint density at radius 2 is 1.75 bits per heavy atom. The van der Waals surface area contributed by atoms with Crippen LogP contribution in [0.3, 0.4) is 0 Å². The predicted molar refractivity (Wildman–Crippen MR) is 136 cm³/mol. The van der Waals surface area contributed by atoms with Crippen LogP contribution in [0.5, 0.6) is 0 Å². The summed E-state index contributed by atoms with van der Waals surface area (Å²) in [6.07, 6.45) is 9.79. The van der Waals surface area contributed by atoms with Gasteiger partial charge in [-0.25, -0.2) is 4.98 Å². The number of pyridine rings is 1. The van der Waals surface area contributed by atoms with Crippen LogP contribution in [0.25, 0.3) is 5.65 Å². The molecule has 4 heterocycles. The first-order valence-electron chi connectivity index (χ1n) is 12.7. The minimum atomic E-state index is -0.0908. The van der Waals surface area contributed by atoms with Gasteiger partial charge in [0.1, 0.15) is 11.3 Å². The molecule has 8 nitrogen and oxygen atoms in total. The maximum absolute atomic E-state index is 13.1. The first-order valence-corrected chi connectivity index (χ1v) is 12.7. The van der Waals surface area contributed by atoms with E-state index in [1.54, 1.807) is 10.9 Å². The fourth-order valence-electron chi connectivity index (χ4n) is 5.10. The van der Waals surface area contributed by atoms with Crippen LogP contribution in [0, 0.1) is 0 Å². The average molecular weight is 483 g/mol. The monoisotopic (exact) mass is 482 g/mol. The van der Waals surface area contributed by atoms with E-state index >= 15 is 0 Å². The number of nitrogens with zero attached hydrogens (tertiary/aromatic N) is 5. The highest BCUT2D eigenvalue weighted by Crippen LogP contribution is 2.39. The number of benzene rings is 1. The lowest BCUT2D eigenvalue weighted by molar-refractivity contribution is 0.0701. The molecule has 3 aromatic heterocycles. The van der Waals surface area contributed by atoms with Gasteiger partial charge in [0.25, 0.3) is 11.8 Å². The Bertz CT molecular complexity index is 1410. The van der Waals surface area contributed by atoms with Crippen molar-refractivity contribution in [2.45, 2.75) is 44.1 Å². The second-order valence-corrected chi connectivity index (χ2v) is 9.95. The second-order valence-electron chi connectivity index (χ2n) is 9.95. The number of nitrogens with one attached hydrogen (secondary N) is 1. The van der Waals surface area contributed by atoms with Gasteiger partial charge in [0.05, 0.1) is 5.69 Å². The van der Waals surface area contributed by atoms with Gasteiger partial charge in [-0.15, -0.1) is 0 Å². The van der Waals surface area contributed by atoms with Crippen LogP contribution in [0.4, 0.5) is 0 Å². The van der Waals surface area contributed by atoms with E-state index in [9.17, 15) is 9.59 Å². The number of amides is 2. The number of imidazole rings is 1. The van der Waals surface area contributed by atoms with Crippen molar-refractivity contribution in [3.8, 4) is 0 Å². The molecule has 8 heteroatoms. The van der Waals surface area contributed by atoms with E-state index in [0.29, 0.717) is 29.6 Å². The zero-order valence-electron chi connectivity index (χ0n) is 20.4.